The number of hydrogen-bond acceptors (Lipinski definition) is 3. The highest BCUT2D eigenvalue weighted by atomic mass is 15.2. The van der Waals surface area contributed by atoms with Crippen molar-refractivity contribution in [2.45, 2.75) is 57.5 Å². The third-order valence-corrected chi connectivity index (χ3v) is 4.91. The molecule has 20 heavy (non-hydrogen) atoms. The second-order valence-corrected chi connectivity index (χ2v) is 6.33. The van der Waals surface area contributed by atoms with E-state index in [1.165, 1.54) is 62.9 Å². The van der Waals surface area contributed by atoms with Gasteiger partial charge in [0.1, 0.15) is 0 Å². The Morgan fingerprint density at radius 2 is 2.30 bits per heavy atom. The summed E-state index contributed by atoms with van der Waals surface area (Å²) in [5.41, 5.74) is 2.73. The van der Waals surface area contributed by atoms with Gasteiger partial charge in [-0.1, -0.05) is 12.5 Å². The van der Waals surface area contributed by atoms with Crippen LogP contribution in [0.4, 0.5) is 0 Å². The molecule has 0 amide bonds. The lowest BCUT2D eigenvalue weighted by Crippen LogP contribution is -2.39. The summed E-state index contributed by atoms with van der Waals surface area (Å²) in [7, 11) is 0. The number of aromatic nitrogens is 1. The van der Waals surface area contributed by atoms with Crippen LogP contribution in [0.15, 0.2) is 18.3 Å². The molecule has 2 atom stereocenters. The van der Waals surface area contributed by atoms with E-state index in [0.717, 1.165) is 12.6 Å². The van der Waals surface area contributed by atoms with E-state index in [9.17, 15) is 0 Å². The van der Waals surface area contributed by atoms with Crippen LogP contribution in [0.2, 0.25) is 0 Å². The Hall–Kier alpha value is -0.930. The van der Waals surface area contributed by atoms with Crippen molar-refractivity contribution in [3.8, 4) is 0 Å². The molecular weight excluding hydrogens is 246 g/mol. The van der Waals surface area contributed by atoms with E-state index in [0.29, 0.717) is 6.04 Å². The van der Waals surface area contributed by atoms with Crippen LogP contribution in [0, 0.1) is 0 Å². The van der Waals surface area contributed by atoms with Crippen LogP contribution < -0.4 is 5.32 Å². The first-order valence-electron chi connectivity index (χ1n) is 8.26. The van der Waals surface area contributed by atoms with Gasteiger partial charge in [-0.25, -0.2) is 0 Å². The number of rotatable bonds is 5. The molecule has 1 aromatic rings. The normalized spacial score (nSPS) is 26.6. The highest BCUT2D eigenvalue weighted by Crippen LogP contribution is 2.28. The van der Waals surface area contributed by atoms with Crippen molar-refractivity contribution in [1.82, 2.24) is 15.2 Å². The van der Waals surface area contributed by atoms with Gasteiger partial charge in [0.2, 0.25) is 0 Å². The van der Waals surface area contributed by atoms with Crippen LogP contribution >= 0.6 is 0 Å². The summed E-state index contributed by atoms with van der Waals surface area (Å²) < 4.78 is 0. The summed E-state index contributed by atoms with van der Waals surface area (Å²) in [5.74, 6) is 0. The molecule has 1 aromatic heterocycles. The van der Waals surface area contributed by atoms with Crippen molar-refractivity contribution >= 4 is 0 Å². The van der Waals surface area contributed by atoms with Crippen molar-refractivity contribution in [2.24, 2.45) is 0 Å². The fraction of sp³-hybridized carbons (Fsp3) is 0.706. The summed E-state index contributed by atoms with van der Waals surface area (Å²) in [6, 6.07) is 5.56. The summed E-state index contributed by atoms with van der Waals surface area (Å²) in [6.45, 7) is 6.04. The van der Waals surface area contributed by atoms with Gasteiger partial charge in [-0.15, -0.1) is 0 Å². The lowest BCUT2D eigenvalue weighted by molar-refractivity contribution is 0.158. The topological polar surface area (TPSA) is 28.2 Å². The summed E-state index contributed by atoms with van der Waals surface area (Å²) >= 11 is 0. The minimum atomic E-state index is 0.491. The fourth-order valence-electron chi connectivity index (χ4n) is 3.66. The molecule has 0 saturated carbocycles. The van der Waals surface area contributed by atoms with Crippen LogP contribution in [0.1, 0.15) is 56.3 Å². The number of nitrogens with one attached hydrogen (secondary N) is 1. The van der Waals surface area contributed by atoms with Gasteiger partial charge < -0.3 is 10.2 Å². The number of piperidine rings is 1. The summed E-state index contributed by atoms with van der Waals surface area (Å²) in [4.78, 5) is 7.21. The summed E-state index contributed by atoms with van der Waals surface area (Å²) in [6.07, 6.45) is 9.76. The Labute approximate surface area is 122 Å². The van der Waals surface area contributed by atoms with Crippen molar-refractivity contribution in [2.75, 3.05) is 19.6 Å². The summed E-state index contributed by atoms with van der Waals surface area (Å²) in [5, 5.41) is 3.70. The van der Waals surface area contributed by atoms with E-state index in [2.05, 4.69) is 34.3 Å². The van der Waals surface area contributed by atoms with Crippen molar-refractivity contribution < 1.29 is 0 Å². The van der Waals surface area contributed by atoms with E-state index in [-0.39, 0.29) is 0 Å². The maximum Gasteiger partial charge on any atom is 0.0605 e. The molecule has 2 unspecified atom stereocenters. The maximum absolute atomic E-state index is 4.55. The monoisotopic (exact) mass is 273 g/mol. The van der Waals surface area contributed by atoms with Gasteiger partial charge in [-0.2, -0.15) is 0 Å². The molecule has 1 N–H and O–H groups in total. The zero-order chi connectivity index (χ0) is 13.8. The molecule has 3 heteroatoms. The third-order valence-electron chi connectivity index (χ3n) is 4.91. The van der Waals surface area contributed by atoms with Crippen LogP contribution in [0.5, 0.6) is 0 Å². The quantitative estimate of drug-likeness (QED) is 0.836. The first-order chi connectivity index (χ1) is 9.84. The van der Waals surface area contributed by atoms with Crippen molar-refractivity contribution in [3.63, 3.8) is 0 Å². The highest BCUT2D eigenvalue weighted by Gasteiger charge is 2.23. The van der Waals surface area contributed by atoms with Crippen LogP contribution in [-0.2, 0) is 6.42 Å². The minimum Gasteiger partial charge on any atom is -0.309 e. The van der Waals surface area contributed by atoms with E-state index >= 15 is 0 Å². The Balaban J connectivity index is 1.40. The molecule has 1 fully saturated rings. The Kier molecular flexibility index (Phi) is 4.69. The number of nitrogens with zero attached hydrogens (tertiary/aromatic N) is 2. The van der Waals surface area contributed by atoms with Crippen LogP contribution in [0.25, 0.3) is 0 Å². The van der Waals surface area contributed by atoms with E-state index < -0.39 is 0 Å². The van der Waals surface area contributed by atoms with Crippen molar-refractivity contribution in [1.29, 1.82) is 0 Å². The van der Waals surface area contributed by atoms with E-state index in [1.54, 1.807) is 0 Å². The molecule has 0 radical (unpaired) electrons. The first kappa shape index (κ1) is 14.0. The minimum absolute atomic E-state index is 0.491. The smallest absolute Gasteiger partial charge is 0.0605 e. The third kappa shape index (κ3) is 3.21. The zero-order valence-corrected chi connectivity index (χ0v) is 12.6. The molecule has 2 aliphatic rings. The standard InChI is InChI=1S/C17H27N3/c1-14-6-2-3-12-20(14)13-5-11-18-16-9-8-15-7-4-10-19-17(15)16/h4,7,10,14,16,18H,2-3,5-6,8-9,11-13H2,1H3. The van der Waals surface area contributed by atoms with Crippen LogP contribution in [-0.4, -0.2) is 35.6 Å². The predicted octanol–water partition coefficient (Wildman–Crippen LogP) is 2.92. The Bertz CT molecular complexity index is 432. The largest absolute Gasteiger partial charge is 0.309 e. The molecule has 3 rings (SSSR count). The number of pyridine rings is 1. The number of hydrogen-bond donors (Lipinski definition) is 1. The van der Waals surface area contributed by atoms with Gasteiger partial charge in [-0.3, -0.25) is 4.98 Å². The molecule has 1 aliphatic carbocycles. The molecule has 3 nitrogen and oxygen atoms in total. The van der Waals surface area contributed by atoms with Crippen molar-refractivity contribution in [3.05, 3.63) is 29.6 Å². The fourth-order valence-corrected chi connectivity index (χ4v) is 3.66. The Morgan fingerprint density at radius 3 is 3.20 bits per heavy atom. The lowest BCUT2D eigenvalue weighted by Gasteiger charge is -2.33. The number of likely N-dealkylation sites (tertiary alicyclic amines) is 1. The SMILES string of the molecule is CC1CCCCN1CCCNC1CCc2cccnc21. The predicted molar refractivity (Wildman–Crippen MR) is 82.8 cm³/mol. The van der Waals surface area contributed by atoms with Gasteiger partial charge in [0.25, 0.3) is 0 Å². The second-order valence-electron chi connectivity index (χ2n) is 6.33. The molecule has 1 saturated heterocycles. The Morgan fingerprint density at radius 1 is 1.35 bits per heavy atom. The molecule has 0 spiro atoms. The number of aryl methyl sites for hydroxylation is 1. The average Bonchev–Trinajstić information content (AvgIpc) is 2.89. The lowest BCUT2D eigenvalue weighted by atomic mass is 10.0. The van der Waals surface area contributed by atoms with E-state index in [4.69, 9.17) is 0 Å². The van der Waals surface area contributed by atoms with Gasteiger partial charge in [0.05, 0.1) is 11.7 Å². The zero-order valence-electron chi connectivity index (χ0n) is 12.6. The van der Waals surface area contributed by atoms with Gasteiger partial charge in [0.15, 0.2) is 0 Å². The average molecular weight is 273 g/mol. The molecule has 0 bridgehead atoms. The van der Waals surface area contributed by atoms with Gasteiger partial charge in [-0.05, 0) is 70.3 Å². The van der Waals surface area contributed by atoms with Gasteiger partial charge >= 0.3 is 0 Å². The molecular formula is C17H27N3. The number of fused-ring (bicyclic) bond motifs is 1. The first-order valence-corrected chi connectivity index (χ1v) is 8.26. The van der Waals surface area contributed by atoms with E-state index in [1.807, 2.05) is 6.20 Å². The molecule has 0 aromatic carbocycles. The maximum atomic E-state index is 4.55. The van der Waals surface area contributed by atoms with Gasteiger partial charge in [0, 0.05) is 12.2 Å². The molecule has 2 heterocycles. The molecule has 110 valence electrons. The highest BCUT2D eigenvalue weighted by molar-refractivity contribution is 5.27. The molecule has 1 aliphatic heterocycles. The second kappa shape index (κ2) is 6.68. The van der Waals surface area contributed by atoms with Crippen LogP contribution in [0.3, 0.4) is 0 Å².